The lowest BCUT2D eigenvalue weighted by Crippen LogP contribution is -2.49. The van der Waals surface area contributed by atoms with Crippen LogP contribution in [0.25, 0.3) is 11.0 Å². The smallest absolute Gasteiger partial charge is 0.254 e. The third-order valence-electron chi connectivity index (χ3n) is 11.4. The maximum absolute atomic E-state index is 14.6. The van der Waals surface area contributed by atoms with Crippen molar-refractivity contribution in [1.82, 2.24) is 19.4 Å². The van der Waals surface area contributed by atoms with Crippen LogP contribution in [-0.4, -0.2) is 65.4 Å². The zero-order valence-corrected chi connectivity index (χ0v) is 28.3. The summed E-state index contributed by atoms with van der Waals surface area (Å²) >= 11 is 0. The normalized spacial score (nSPS) is 23.0. The lowest BCUT2D eigenvalue weighted by Gasteiger charge is -2.46. The van der Waals surface area contributed by atoms with Crippen molar-refractivity contribution in [2.24, 2.45) is 5.14 Å². The van der Waals surface area contributed by atoms with Crippen LogP contribution in [0, 0.1) is 26.6 Å². The van der Waals surface area contributed by atoms with Gasteiger partial charge in [-0.1, -0.05) is 30.3 Å². The Bertz CT molecular complexity index is 1930. The number of aromatic nitrogens is 2. The summed E-state index contributed by atoms with van der Waals surface area (Å²) in [6, 6.07) is 20.0. The number of sulfonamides is 1. The van der Waals surface area contributed by atoms with Crippen LogP contribution >= 0.6 is 0 Å². The van der Waals surface area contributed by atoms with E-state index in [2.05, 4.69) is 34.6 Å². The first-order valence-electron chi connectivity index (χ1n) is 16.8. The Morgan fingerprint density at radius 1 is 0.957 bits per heavy atom. The quantitative estimate of drug-likeness (QED) is 0.256. The van der Waals surface area contributed by atoms with E-state index in [0.29, 0.717) is 55.2 Å². The van der Waals surface area contributed by atoms with Gasteiger partial charge < -0.3 is 9.47 Å². The monoisotopic (exact) mass is 657 g/mol. The Balaban J connectivity index is 1.09. The number of carbonyl (C=O) groups is 1. The number of fused-ring (bicyclic) bond motifs is 3. The van der Waals surface area contributed by atoms with E-state index in [9.17, 15) is 17.6 Å². The molecule has 3 saturated heterocycles. The number of hydrogen-bond acceptors (Lipinski definition) is 5. The largest absolute Gasteiger partial charge is 0.339 e. The number of halogens is 1. The van der Waals surface area contributed by atoms with Crippen molar-refractivity contribution < 1.29 is 17.6 Å². The maximum Gasteiger partial charge on any atom is 0.254 e. The predicted octanol–water partition coefficient (Wildman–Crippen LogP) is 6.18. The molecule has 0 radical (unpaired) electrons. The Kier molecular flexibility index (Phi) is 8.25. The third-order valence-corrected chi connectivity index (χ3v) is 12.5. The van der Waals surface area contributed by atoms with Crippen molar-refractivity contribution >= 4 is 27.0 Å². The van der Waals surface area contributed by atoms with E-state index in [1.165, 1.54) is 30.5 Å². The van der Waals surface area contributed by atoms with Gasteiger partial charge in [0, 0.05) is 36.8 Å². The fourth-order valence-electron chi connectivity index (χ4n) is 9.05. The zero-order valence-electron chi connectivity index (χ0n) is 27.5. The van der Waals surface area contributed by atoms with Crippen molar-refractivity contribution in [2.75, 3.05) is 19.6 Å². The molecular weight excluding hydrogens is 614 g/mol. The van der Waals surface area contributed by atoms with Gasteiger partial charge >= 0.3 is 0 Å². The maximum atomic E-state index is 14.6. The van der Waals surface area contributed by atoms with Gasteiger partial charge in [-0.2, -0.15) is 0 Å². The van der Waals surface area contributed by atoms with Gasteiger partial charge in [0.05, 0.1) is 15.9 Å². The molecule has 4 aromatic rings. The molecule has 248 valence electrons. The molecular formula is C37H44FN5O3S. The van der Waals surface area contributed by atoms with E-state index in [0.717, 1.165) is 48.3 Å². The zero-order chi connectivity index (χ0) is 33.1. The van der Waals surface area contributed by atoms with E-state index < -0.39 is 10.0 Å². The Morgan fingerprint density at radius 3 is 2.34 bits per heavy atom. The number of likely N-dealkylation sites (tertiary alicyclic amines) is 1. The Hall–Kier alpha value is -3.60. The molecule has 0 saturated carbocycles. The molecule has 1 aromatic heterocycles. The topological polar surface area (TPSA) is 102 Å². The number of benzene rings is 3. The lowest BCUT2D eigenvalue weighted by atomic mass is 9.70. The SMILES string of the molecule is Cc1ccc(S(N)(=O)=O)c(C)c1C(=O)N1CCC(CCN2[C@@H]3CC[C@H]2C[C@@H](n2c(C)nc4ccccc42)C3)(c2cccc(F)c2)CC1. The van der Waals surface area contributed by atoms with Crippen LogP contribution in [0.1, 0.15) is 83.9 Å². The molecule has 3 atom stereocenters. The fourth-order valence-corrected chi connectivity index (χ4v) is 9.84. The number of piperidine rings is 2. The molecule has 8 nitrogen and oxygen atoms in total. The summed E-state index contributed by atoms with van der Waals surface area (Å²) in [6.45, 7) is 7.54. The molecule has 0 aliphatic carbocycles. The molecule has 0 spiro atoms. The highest BCUT2D eigenvalue weighted by Crippen LogP contribution is 2.45. The van der Waals surface area contributed by atoms with E-state index in [-0.39, 0.29) is 22.0 Å². The number of imidazole rings is 1. The molecule has 3 aliphatic heterocycles. The number of aryl methyl sites for hydroxylation is 2. The molecule has 3 aliphatic rings. The molecule has 7 rings (SSSR count). The van der Waals surface area contributed by atoms with Crippen LogP contribution in [0.4, 0.5) is 4.39 Å². The van der Waals surface area contributed by atoms with Gasteiger partial charge in [0.15, 0.2) is 0 Å². The van der Waals surface area contributed by atoms with Crippen molar-refractivity contribution in [3.05, 3.63) is 94.6 Å². The number of para-hydroxylation sites is 2. The second-order valence-electron chi connectivity index (χ2n) is 14.0. The highest BCUT2D eigenvalue weighted by molar-refractivity contribution is 7.89. The molecule has 47 heavy (non-hydrogen) atoms. The van der Waals surface area contributed by atoms with E-state index in [1.807, 2.05) is 24.0 Å². The summed E-state index contributed by atoms with van der Waals surface area (Å²) in [5.74, 6) is 0.660. The van der Waals surface area contributed by atoms with Gasteiger partial charge in [-0.3, -0.25) is 9.69 Å². The van der Waals surface area contributed by atoms with Gasteiger partial charge in [-0.25, -0.2) is 22.9 Å². The van der Waals surface area contributed by atoms with E-state index in [4.69, 9.17) is 10.1 Å². The van der Waals surface area contributed by atoms with Crippen LogP contribution in [0.15, 0.2) is 65.6 Å². The summed E-state index contributed by atoms with van der Waals surface area (Å²) in [5.41, 5.74) is 4.52. The van der Waals surface area contributed by atoms with Gasteiger partial charge in [-0.05, 0) is 125 Å². The number of nitrogens with zero attached hydrogens (tertiary/aromatic N) is 4. The third kappa shape index (κ3) is 5.78. The molecule has 4 heterocycles. The number of amides is 1. The standard InChI is InChI=1S/C37H44FN5O3S/c1-24-11-14-34(47(39,45)46)25(2)35(24)36(44)41-18-15-37(16-19-41,27-7-6-8-28(38)21-27)17-20-42-29-12-13-30(42)23-31(22-29)43-26(3)40-32-9-4-5-10-33(32)43/h4-11,14,21,29-31H,12-13,15-20,22-23H2,1-3H3,(H2,39,45,46)/t29-,30+,31+. The highest BCUT2D eigenvalue weighted by Gasteiger charge is 2.44. The van der Waals surface area contributed by atoms with Crippen molar-refractivity contribution in [3.8, 4) is 0 Å². The summed E-state index contributed by atoms with van der Waals surface area (Å²) < 4.78 is 41.5. The highest BCUT2D eigenvalue weighted by atomic mass is 32.2. The minimum atomic E-state index is -3.96. The number of carbonyl (C=O) groups excluding carboxylic acids is 1. The molecule has 3 aromatic carbocycles. The first-order valence-corrected chi connectivity index (χ1v) is 18.4. The molecule has 2 bridgehead atoms. The fraction of sp³-hybridized carbons (Fsp3) is 0.459. The molecule has 1 amide bonds. The first-order chi connectivity index (χ1) is 22.4. The summed E-state index contributed by atoms with van der Waals surface area (Å²) in [4.78, 5) is 23.2. The van der Waals surface area contributed by atoms with E-state index >= 15 is 0 Å². The Morgan fingerprint density at radius 2 is 1.66 bits per heavy atom. The summed E-state index contributed by atoms with van der Waals surface area (Å²) in [6.07, 6.45) is 6.90. The van der Waals surface area contributed by atoms with Crippen LogP contribution in [0.5, 0.6) is 0 Å². The second-order valence-corrected chi connectivity index (χ2v) is 15.6. The molecule has 2 N–H and O–H groups in total. The minimum absolute atomic E-state index is 0.0210. The van der Waals surface area contributed by atoms with Gasteiger partial charge in [0.2, 0.25) is 10.0 Å². The minimum Gasteiger partial charge on any atom is -0.339 e. The summed E-state index contributed by atoms with van der Waals surface area (Å²) in [5, 5.41) is 5.46. The lowest BCUT2D eigenvalue weighted by molar-refractivity contribution is 0.0605. The van der Waals surface area contributed by atoms with Gasteiger partial charge in [0.25, 0.3) is 5.91 Å². The number of nitrogens with two attached hydrogens (primary N) is 1. The molecule has 0 unspecified atom stereocenters. The van der Waals surface area contributed by atoms with Crippen LogP contribution < -0.4 is 5.14 Å². The molecule has 3 fully saturated rings. The first kappa shape index (κ1) is 32.0. The van der Waals surface area contributed by atoms with E-state index in [1.54, 1.807) is 25.1 Å². The second kappa shape index (κ2) is 12.1. The van der Waals surface area contributed by atoms with Gasteiger partial charge in [-0.15, -0.1) is 0 Å². The van der Waals surface area contributed by atoms with Crippen molar-refractivity contribution in [1.29, 1.82) is 0 Å². The van der Waals surface area contributed by atoms with Crippen LogP contribution in [-0.2, 0) is 15.4 Å². The number of primary sulfonamides is 1. The van der Waals surface area contributed by atoms with Crippen molar-refractivity contribution in [3.63, 3.8) is 0 Å². The van der Waals surface area contributed by atoms with Crippen molar-refractivity contribution in [2.45, 2.75) is 94.2 Å². The number of hydrogen-bond donors (Lipinski definition) is 1. The molecule has 10 heteroatoms. The average Bonchev–Trinajstić information content (AvgIpc) is 3.49. The van der Waals surface area contributed by atoms with Crippen LogP contribution in [0.3, 0.4) is 0 Å². The van der Waals surface area contributed by atoms with Crippen LogP contribution in [0.2, 0.25) is 0 Å². The number of rotatable bonds is 7. The van der Waals surface area contributed by atoms with Gasteiger partial charge in [0.1, 0.15) is 11.6 Å². The summed E-state index contributed by atoms with van der Waals surface area (Å²) in [7, 11) is -3.96. The average molecular weight is 658 g/mol. The Labute approximate surface area is 276 Å². The predicted molar refractivity (Wildman–Crippen MR) is 181 cm³/mol.